The number of piperazine rings is 1. The highest BCUT2D eigenvalue weighted by molar-refractivity contribution is 6.33. The minimum absolute atomic E-state index is 0.0209. The van der Waals surface area contributed by atoms with Crippen LogP contribution >= 0.6 is 11.6 Å². The van der Waals surface area contributed by atoms with Crippen LogP contribution in [0.15, 0.2) is 12.1 Å². The second-order valence-electron chi connectivity index (χ2n) is 5.88. The minimum Gasteiger partial charge on any atom is -0.367 e. The molecule has 1 aromatic carbocycles. The maximum absolute atomic E-state index is 11.9. The second-order valence-corrected chi connectivity index (χ2v) is 6.28. The van der Waals surface area contributed by atoms with Gasteiger partial charge in [-0.1, -0.05) is 11.6 Å². The van der Waals surface area contributed by atoms with Crippen LogP contribution in [0.4, 0.5) is 11.4 Å². The van der Waals surface area contributed by atoms with E-state index in [9.17, 15) is 4.79 Å². The Hall–Kier alpha value is -1.30. The number of fused-ring (bicyclic) bond motifs is 1. The third kappa shape index (κ3) is 2.50. The van der Waals surface area contributed by atoms with Crippen molar-refractivity contribution in [1.29, 1.82) is 0 Å². The van der Waals surface area contributed by atoms with Crippen LogP contribution < -0.4 is 15.5 Å². The number of benzene rings is 1. The number of hydrogen-bond donors (Lipinski definition) is 2. The number of halogens is 1. The maximum atomic E-state index is 11.9. The molecule has 1 fully saturated rings. The van der Waals surface area contributed by atoms with Gasteiger partial charge in [0, 0.05) is 36.9 Å². The van der Waals surface area contributed by atoms with Crippen molar-refractivity contribution in [3.63, 3.8) is 0 Å². The van der Waals surface area contributed by atoms with Crippen molar-refractivity contribution in [2.75, 3.05) is 43.9 Å². The van der Waals surface area contributed by atoms with Crippen molar-refractivity contribution in [1.82, 2.24) is 10.2 Å². The van der Waals surface area contributed by atoms with E-state index in [-0.39, 0.29) is 11.9 Å². The van der Waals surface area contributed by atoms with Gasteiger partial charge >= 0.3 is 0 Å². The van der Waals surface area contributed by atoms with Crippen LogP contribution in [-0.2, 0) is 4.79 Å². The van der Waals surface area contributed by atoms with Gasteiger partial charge in [-0.3, -0.25) is 4.79 Å². The minimum atomic E-state index is -0.307. The van der Waals surface area contributed by atoms with Gasteiger partial charge in [-0.25, -0.2) is 0 Å². The Morgan fingerprint density at radius 1 is 1.38 bits per heavy atom. The summed E-state index contributed by atoms with van der Waals surface area (Å²) < 4.78 is 0. The molecule has 0 aromatic heterocycles. The molecule has 6 heteroatoms. The largest absolute Gasteiger partial charge is 0.367 e. The van der Waals surface area contributed by atoms with E-state index >= 15 is 0 Å². The van der Waals surface area contributed by atoms with E-state index in [4.69, 9.17) is 11.6 Å². The molecule has 0 radical (unpaired) electrons. The van der Waals surface area contributed by atoms with Gasteiger partial charge in [-0.15, -0.1) is 0 Å². The molecule has 114 valence electrons. The van der Waals surface area contributed by atoms with Gasteiger partial charge in [0.25, 0.3) is 0 Å². The fraction of sp³-hybridized carbons (Fsp3) is 0.533. The fourth-order valence-electron chi connectivity index (χ4n) is 3.07. The molecule has 2 atom stereocenters. The summed E-state index contributed by atoms with van der Waals surface area (Å²) in [5, 5.41) is 6.66. The molecule has 21 heavy (non-hydrogen) atoms. The van der Waals surface area contributed by atoms with Crippen molar-refractivity contribution < 1.29 is 4.79 Å². The molecule has 5 nitrogen and oxygen atoms in total. The molecule has 0 aliphatic carbocycles. The van der Waals surface area contributed by atoms with Crippen LogP contribution in [0.1, 0.15) is 18.5 Å². The first-order valence-corrected chi connectivity index (χ1v) is 7.66. The first-order valence-electron chi connectivity index (χ1n) is 7.28. The zero-order chi connectivity index (χ0) is 15.1. The highest BCUT2D eigenvalue weighted by Gasteiger charge is 2.31. The van der Waals surface area contributed by atoms with Gasteiger partial charge in [0.05, 0.1) is 10.7 Å². The van der Waals surface area contributed by atoms with E-state index in [0.717, 1.165) is 36.6 Å². The summed E-state index contributed by atoms with van der Waals surface area (Å²) in [6.07, 6.45) is 0. The molecule has 2 aliphatic heterocycles. The number of carbonyl (C=O) groups excluding carboxylic acids is 1. The summed E-state index contributed by atoms with van der Waals surface area (Å²) in [6.45, 7) is 5.12. The maximum Gasteiger partial charge on any atom is 0.246 e. The van der Waals surface area contributed by atoms with Gasteiger partial charge in [0.15, 0.2) is 0 Å². The normalized spacial score (nSPS) is 25.9. The Balaban J connectivity index is 1.92. The molecule has 2 aliphatic rings. The standard InChI is InChI=1S/C15H21ClN4O/c1-9-8-20(5-4-19(9)3)13-7-12-10(6-11(13)16)14(17-2)15(21)18-12/h6-7,9,14,17H,4-5,8H2,1-3H3,(H,18,21). The lowest BCUT2D eigenvalue weighted by Gasteiger charge is -2.39. The Kier molecular flexibility index (Phi) is 3.82. The number of anilines is 2. The molecule has 0 saturated carbocycles. The number of rotatable bonds is 2. The first kappa shape index (κ1) is 14.6. The van der Waals surface area contributed by atoms with Gasteiger partial charge in [0.2, 0.25) is 5.91 Å². The molecule has 2 heterocycles. The average Bonchev–Trinajstić information content (AvgIpc) is 2.75. The molecular weight excluding hydrogens is 288 g/mol. The molecule has 3 rings (SSSR count). The molecule has 1 aromatic rings. The number of nitrogens with zero attached hydrogens (tertiary/aromatic N) is 2. The van der Waals surface area contributed by atoms with Crippen LogP contribution in [0.5, 0.6) is 0 Å². The SMILES string of the molecule is CNC1C(=O)Nc2cc(N3CCN(C)C(C)C3)c(Cl)cc21. The topological polar surface area (TPSA) is 47.6 Å². The van der Waals surface area contributed by atoms with E-state index in [0.29, 0.717) is 11.1 Å². The van der Waals surface area contributed by atoms with Crippen molar-refractivity contribution in [3.05, 3.63) is 22.7 Å². The van der Waals surface area contributed by atoms with E-state index in [1.54, 1.807) is 7.05 Å². The van der Waals surface area contributed by atoms with Gasteiger partial charge in [-0.05, 0) is 33.2 Å². The highest BCUT2D eigenvalue weighted by Crippen LogP contribution is 2.39. The van der Waals surface area contributed by atoms with E-state index in [2.05, 4.69) is 34.4 Å². The molecule has 2 unspecified atom stereocenters. The summed E-state index contributed by atoms with van der Waals surface area (Å²) >= 11 is 6.47. The number of carbonyl (C=O) groups is 1. The summed E-state index contributed by atoms with van der Waals surface area (Å²) in [7, 11) is 3.92. The predicted octanol–water partition coefficient (Wildman–Crippen LogP) is 1.69. The first-order chi connectivity index (χ1) is 10.0. The summed E-state index contributed by atoms with van der Waals surface area (Å²) in [5.41, 5.74) is 2.80. The van der Waals surface area contributed by atoms with Gasteiger partial charge < -0.3 is 20.4 Å². The van der Waals surface area contributed by atoms with Crippen molar-refractivity contribution in [2.45, 2.75) is 19.0 Å². The molecule has 2 N–H and O–H groups in total. The number of nitrogens with one attached hydrogen (secondary N) is 2. The van der Waals surface area contributed by atoms with E-state index < -0.39 is 0 Å². The summed E-state index contributed by atoms with van der Waals surface area (Å²) in [4.78, 5) is 16.6. The smallest absolute Gasteiger partial charge is 0.246 e. The Bertz CT molecular complexity index is 577. The molecular formula is C15H21ClN4O. The third-order valence-electron chi connectivity index (χ3n) is 4.54. The Morgan fingerprint density at radius 3 is 2.81 bits per heavy atom. The van der Waals surface area contributed by atoms with Gasteiger partial charge in [-0.2, -0.15) is 0 Å². The average molecular weight is 309 g/mol. The van der Waals surface area contributed by atoms with Crippen molar-refractivity contribution >= 4 is 28.9 Å². The summed E-state index contributed by atoms with van der Waals surface area (Å²) in [5.74, 6) is -0.0209. The lowest BCUT2D eigenvalue weighted by Crippen LogP contribution is -2.50. The molecule has 0 spiro atoms. The Labute approximate surface area is 130 Å². The van der Waals surface area contributed by atoms with Crippen LogP contribution in [0.3, 0.4) is 0 Å². The van der Waals surface area contributed by atoms with Crippen LogP contribution in [-0.4, -0.2) is 50.6 Å². The van der Waals surface area contributed by atoms with Crippen LogP contribution in [0.25, 0.3) is 0 Å². The predicted molar refractivity (Wildman–Crippen MR) is 86.2 cm³/mol. The molecule has 1 amide bonds. The number of hydrogen-bond acceptors (Lipinski definition) is 4. The molecule has 0 bridgehead atoms. The number of amides is 1. The van der Waals surface area contributed by atoms with Crippen LogP contribution in [0.2, 0.25) is 5.02 Å². The van der Waals surface area contributed by atoms with E-state index in [1.807, 2.05) is 12.1 Å². The van der Waals surface area contributed by atoms with Crippen molar-refractivity contribution in [3.8, 4) is 0 Å². The zero-order valence-corrected chi connectivity index (χ0v) is 13.4. The highest BCUT2D eigenvalue weighted by atomic mass is 35.5. The quantitative estimate of drug-likeness (QED) is 0.873. The Morgan fingerprint density at radius 2 is 2.14 bits per heavy atom. The third-order valence-corrected chi connectivity index (χ3v) is 4.84. The fourth-order valence-corrected chi connectivity index (χ4v) is 3.36. The number of likely N-dealkylation sites (N-methyl/N-ethyl adjacent to an activating group) is 2. The molecule has 1 saturated heterocycles. The van der Waals surface area contributed by atoms with Gasteiger partial charge in [0.1, 0.15) is 6.04 Å². The van der Waals surface area contributed by atoms with Crippen LogP contribution in [0, 0.1) is 0 Å². The summed E-state index contributed by atoms with van der Waals surface area (Å²) in [6, 6.07) is 4.10. The zero-order valence-electron chi connectivity index (χ0n) is 12.6. The lowest BCUT2D eigenvalue weighted by molar-refractivity contribution is -0.117. The van der Waals surface area contributed by atoms with Crippen molar-refractivity contribution in [2.24, 2.45) is 0 Å². The van der Waals surface area contributed by atoms with E-state index in [1.165, 1.54) is 0 Å². The monoisotopic (exact) mass is 308 g/mol. The second kappa shape index (κ2) is 5.48. The lowest BCUT2D eigenvalue weighted by atomic mass is 10.1.